The lowest BCUT2D eigenvalue weighted by molar-refractivity contribution is -0.113. The summed E-state index contributed by atoms with van der Waals surface area (Å²) in [5.74, 6) is 1.73. The van der Waals surface area contributed by atoms with E-state index in [9.17, 15) is 4.79 Å². The van der Waals surface area contributed by atoms with Gasteiger partial charge in [0.05, 0.1) is 6.20 Å². The van der Waals surface area contributed by atoms with E-state index in [1.807, 2.05) is 25.3 Å². The first-order valence-corrected chi connectivity index (χ1v) is 11.1. The van der Waals surface area contributed by atoms with Gasteiger partial charge in [-0.05, 0) is 50.3 Å². The number of hydrogen-bond acceptors (Lipinski definition) is 5. The number of carbonyl (C=O) groups excluding carboxylic acids is 1. The smallest absolute Gasteiger partial charge is 0.159 e. The highest BCUT2D eigenvalue weighted by Gasteiger charge is 2.20. The average Bonchev–Trinajstić information content (AvgIpc) is 3.21. The Labute approximate surface area is 186 Å². The summed E-state index contributed by atoms with van der Waals surface area (Å²) in [4.78, 5) is 24.1. The first-order valence-electron chi connectivity index (χ1n) is 11.1. The van der Waals surface area contributed by atoms with Crippen LogP contribution >= 0.6 is 0 Å². The molecule has 2 aromatic rings. The van der Waals surface area contributed by atoms with E-state index in [1.54, 1.807) is 19.3 Å². The van der Waals surface area contributed by atoms with Crippen molar-refractivity contribution in [1.82, 2.24) is 9.97 Å². The number of piperazine rings is 1. The molecule has 164 valence electrons. The lowest BCUT2D eigenvalue weighted by Gasteiger charge is -2.37. The molecule has 1 saturated heterocycles. The predicted molar refractivity (Wildman–Crippen MR) is 129 cm³/mol. The monoisotopic (exact) mass is 418 g/mol. The van der Waals surface area contributed by atoms with Gasteiger partial charge in [-0.3, -0.25) is 9.78 Å². The van der Waals surface area contributed by atoms with Gasteiger partial charge in [0.1, 0.15) is 5.82 Å². The van der Waals surface area contributed by atoms with E-state index in [1.165, 1.54) is 22.4 Å². The van der Waals surface area contributed by atoms with Crippen LogP contribution in [0.15, 0.2) is 60.1 Å². The zero-order valence-electron chi connectivity index (χ0n) is 19.4. The molecule has 31 heavy (non-hydrogen) atoms. The molecule has 2 aliphatic rings. The Balaban J connectivity index is 0.000000254. The van der Waals surface area contributed by atoms with Gasteiger partial charge in [-0.2, -0.15) is 0 Å². The summed E-state index contributed by atoms with van der Waals surface area (Å²) >= 11 is 0. The Morgan fingerprint density at radius 1 is 1.03 bits per heavy atom. The fourth-order valence-corrected chi connectivity index (χ4v) is 3.98. The number of benzene rings is 1. The van der Waals surface area contributed by atoms with Crippen LogP contribution < -0.4 is 9.80 Å². The Hall–Kier alpha value is -2.95. The van der Waals surface area contributed by atoms with E-state index in [0.29, 0.717) is 5.92 Å². The average molecular weight is 419 g/mol. The third-order valence-corrected chi connectivity index (χ3v) is 5.94. The second-order valence-electron chi connectivity index (χ2n) is 8.60. The lowest BCUT2D eigenvalue weighted by atomic mass is 10.00. The molecule has 1 aliphatic heterocycles. The highest BCUT2D eigenvalue weighted by molar-refractivity contribution is 5.97. The fraction of sp³-hybridized carbons (Fsp3) is 0.423. The topological polar surface area (TPSA) is 49.3 Å². The molecule has 0 amide bonds. The molecule has 0 unspecified atom stereocenters. The van der Waals surface area contributed by atoms with Crippen LogP contribution in [0, 0.1) is 6.92 Å². The van der Waals surface area contributed by atoms with E-state index in [-0.39, 0.29) is 5.78 Å². The second-order valence-corrected chi connectivity index (χ2v) is 8.60. The number of rotatable bonds is 4. The first kappa shape index (κ1) is 22.7. The van der Waals surface area contributed by atoms with Crippen LogP contribution in [0.2, 0.25) is 0 Å². The maximum Gasteiger partial charge on any atom is 0.159 e. The second kappa shape index (κ2) is 10.4. The van der Waals surface area contributed by atoms with Gasteiger partial charge in [0.25, 0.3) is 0 Å². The van der Waals surface area contributed by atoms with Gasteiger partial charge in [-0.1, -0.05) is 43.7 Å². The van der Waals surface area contributed by atoms with Crippen molar-refractivity contribution in [3.63, 3.8) is 0 Å². The summed E-state index contributed by atoms with van der Waals surface area (Å²) in [5.41, 5.74) is 6.25. The molecule has 5 nitrogen and oxygen atoms in total. The van der Waals surface area contributed by atoms with Crippen LogP contribution in [0.4, 0.5) is 11.5 Å². The zero-order chi connectivity index (χ0) is 22.4. The van der Waals surface area contributed by atoms with Crippen LogP contribution in [-0.2, 0) is 4.79 Å². The summed E-state index contributed by atoms with van der Waals surface area (Å²) < 4.78 is 0. The summed E-state index contributed by atoms with van der Waals surface area (Å²) in [7, 11) is 0. The van der Waals surface area contributed by atoms with E-state index >= 15 is 0 Å². The summed E-state index contributed by atoms with van der Waals surface area (Å²) in [6.07, 6.45) is 10.2. The van der Waals surface area contributed by atoms with Gasteiger partial charge in [-0.25, -0.2) is 4.98 Å². The third-order valence-electron chi connectivity index (χ3n) is 5.94. The molecular weight excluding hydrogens is 384 g/mol. The Bertz CT molecular complexity index is 955. The molecule has 1 fully saturated rings. The van der Waals surface area contributed by atoms with Crippen molar-refractivity contribution < 1.29 is 4.79 Å². The van der Waals surface area contributed by atoms with Crippen LogP contribution in [0.3, 0.4) is 0 Å². The molecule has 1 aliphatic carbocycles. The van der Waals surface area contributed by atoms with Gasteiger partial charge >= 0.3 is 0 Å². The van der Waals surface area contributed by atoms with E-state index in [0.717, 1.165) is 44.0 Å². The maximum atomic E-state index is 10.7. The summed E-state index contributed by atoms with van der Waals surface area (Å²) in [6.45, 7) is 14.3. The number of aromatic nitrogens is 2. The number of carbonyl (C=O) groups is 1. The van der Waals surface area contributed by atoms with Crippen molar-refractivity contribution in [3.8, 4) is 0 Å². The molecule has 0 radical (unpaired) electrons. The minimum atomic E-state index is 0.182. The SMILES string of the molecule is CC(=O)C1=C(C)CC=C1.Cc1ccc(C(C)C)cc1N1CCN(c2cnccn2)CC1. The normalized spacial score (nSPS) is 15.9. The number of nitrogens with zero attached hydrogens (tertiary/aromatic N) is 4. The number of allylic oxidation sites excluding steroid dienone is 4. The Kier molecular flexibility index (Phi) is 7.61. The number of aryl methyl sites for hydroxylation is 1. The minimum Gasteiger partial charge on any atom is -0.368 e. The molecule has 5 heteroatoms. The maximum absolute atomic E-state index is 10.7. The molecule has 2 heterocycles. The van der Waals surface area contributed by atoms with Crippen molar-refractivity contribution in [2.75, 3.05) is 36.0 Å². The number of anilines is 2. The molecule has 0 atom stereocenters. The fourth-order valence-electron chi connectivity index (χ4n) is 3.98. The van der Waals surface area contributed by atoms with Gasteiger partial charge in [0.15, 0.2) is 5.78 Å². The molecule has 0 bridgehead atoms. The van der Waals surface area contributed by atoms with E-state index in [2.05, 4.69) is 58.7 Å². The Morgan fingerprint density at radius 3 is 2.26 bits per heavy atom. The molecule has 4 rings (SSSR count). The van der Waals surface area contributed by atoms with Crippen LogP contribution in [0.5, 0.6) is 0 Å². The highest BCUT2D eigenvalue weighted by Crippen LogP contribution is 2.27. The number of Topliss-reactive ketones (excluding diaryl/α,β-unsaturated/α-hetero) is 1. The summed E-state index contributed by atoms with van der Waals surface area (Å²) in [5, 5.41) is 0. The van der Waals surface area contributed by atoms with Crippen LogP contribution in [-0.4, -0.2) is 41.9 Å². The van der Waals surface area contributed by atoms with Crippen molar-refractivity contribution in [2.45, 2.75) is 47.0 Å². The standard InChI is InChI=1S/C18H24N4.C8H10O/c1-14(2)16-5-4-15(3)17(12-16)21-8-10-22(11-9-21)18-13-19-6-7-20-18;1-6-4-3-5-8(6)7(2)9/h4-7,12-14H,8-11H2,1-3H3;3,5H,4H2,1-2H3. The molecule has 0 N–H and O–H groups in total. The van der Waals surface area contributed by atoms with Crippen molar-refractivity contribution in [1.29, 1.82) is 0 Å². The van der Waals surface area contributed by atoms with Crippen molar-refractivity contribution in [3.05, 3.63) is 71.2 Å². The first-order chi connectivity index (χ1) is 14.9. The highest BCUT2D eigenvalue weighted by atomic mass is 16.1. The largest absolute Gasteiger partial charge is 0.368 e. The quantitative estimate of drug-likeness (QED) is 0.692. The van der Waals surface area contributed by atoms with Gasteiger partial charge in [-0.15, -0.1) is 0 Å². The number of ketones is 1. The van der Waals surface area contributed by atoms with Gasteiger partial charge < -0.3 is 9.80 Å². The van der Waals surface area contributed by atoms with Gasteiger partial charge in [0, 0.05) is 49.8 Å². The Morgan fingerprint density at radius 2 is 1.74 bits per heavy atom. The van der Waals surface area contributed by atoms with Crippen LogP contribution in [0.1, 0.15) is 51.2 Å². The number of hydrogen-bond donors (Lipinski definition) is 0. The van der Waals surface area contributed by atoms with E-state index in [4.69, 9.17) is 0 Å². The molecular formula is C26H34N4O. The summed E-state index contributed by atoms with van der Waals surface area (Å²) in [6, 6.07) is 6.86. The third kappa shape index (κ3) is 5.81. The molecule has 1 aromatic carbocycles. The molecule has 1 aromatic heterocycles. The van der Waals surface area contributed by atoms with Crippen LogP contribution in [0.25, 0.3) is 0 Å². The minimum absolute atomic E-state index is 0.182. The predicted octanol–water partition coefficient (Wildman–Crippen LogP) is 5.09. The van der Waals surface area contributed by atoms with E-state index < -0.39 is 0 Å². The zero-order valence-corrected chi connectivity index (χ0v) is 19.4. The van der Waals surface area contributed by atoms with Gasteiger partial charge in [0.2, 0.25) is 0 Å². The molecule has 0 spiro atoms. The molecule has 0 saturated carbocycles. The lowest BCUT2D eigenvalue weighted by Crippen LogP contribution is -2.47. The van der Waals surface area contributed by atoms with Crippen molar-refractivity contribution in [2.24, 2.45) is 0 Å². The van der Waals surface area contributed by atoms with Crippen molar-refractivity contribution >= 4 is 17.3 Å².